The van der Waals surface area contributed by atoms with Crippen molar-refractivity contribution >= 4 is 23.2 Å². The predicted octanol–water partition coefficient (Wildman–Crippen LogP) is 0.672. The fourth-order valence-electron chi connectivity index (χ4n) is 1.90. The lowest BCUT2D eigenvalue weighted by molar-refractivity contribution is -0.127. The topological polar surface area (TPSA) is 92.7 Å². The van der Waals surface area contributed by atoms with E-state index >= 15 is 0 Å². The second-order valence-corrected chi connectivity index (χ2v) is 4.81. The van der Waals surface area contributed by atoms with Crippen LogP contribution >= 0.6 is 0 Å². The van der Waals surface area contributed by atoms with Crippen molar-refractivity contribution < 1.29 is 9.59 Å². The maximum atomic E-state index is 11.9. The number of carbonyl (C=O) groups is 2. The van der Waals surface area contributed by atoms with Gasteiger partial charge in [-0.25, -0.2) is 0 Å². The predicted molar refractivity (Wildman–Crippen MR) is 80.6 cm³/mol. The Labute approximate surface area is 119 Å². The zero-order chi connectivity index (χ0) is 15.3. The molecule has 0 radical (unpaired) electrons. The average molecular weight is 278 g/mol. The van der Waals surface area contributed by atoms with Gasteiger partial charge in [0.05, 0.1) is 23.5 Å². The Balaban J connectivity index is 3.12. The molecule has 0 aliphatic carbocycles. The Morgan fingerprint density at radius 1 is 1.25 bits per heavy atom. The average Bonchev–Trinajstić information content (AvgIpc) is 2.38. The van der Waals surface area contributed by atoms with Crippen LogP contribution in [-0.4, -0.2) is 43.9 Å². The molecule has 20 heavy (non-hydrogen) atoms. The summed E-state index contributed by atoms with van der Waals surface area (Å²) in [6.07, 6.45) is 0.862. The van der Waals surface area contributed by atoms with E-state index in [1.165, 1.54) is 4.90 Å². The molecule has 0 saturated carbocycles. The monoisotopic (exact) mass is 278 g/mol. The van der Waals surface area contributed by atoms with Crippen LogP contribution in [0.15, 0.2) is 18.2 Å². The SMILES string of the molecule is CCCN(CC(=O)N(C)C)c1cccc(C(N)=O)c1N. The molecule has 0 heterocycles. The Morgan fingerprint density at radius 3 is 2.40 bits per heavy atom. The molecule has 110 valence electrons. The van der Waals surface area contributed by atoms with E-state index < -0.39 is 5.91 Å². The lowest BCUT2D eigenvalue weighted by Gasteiger charge is -2.27. The number of nitrogens with zero attached hydrogens (tertiary/aromatic N) is 2. The summed E-state index contributed by atoms with van der Waals surface area (Å²) in [4.78, 5) is 26.6. The Morgan fingerprint density at radius 2 is 1.90 bits per heavy atom. The summed E-state index contributed by atoms with van der Waals surface area (Å²) < 4.78 is 0. The highest BCUT2D eigenvalue weighted by atomic mass is 16.2. The number of rotatable bonds is 6. The fraction of sp³-hybridized carbons (Fsp3) is 0.429. The molecule has 0 unspecified atom stereocenters. The van der Waals surface area contributed by atoms with Crippen LogP contribution < -0.4 is 16.4 Å². The number of primary amides is 1. The van der Waals surface area contributed by atoms with Crippen LogP contribution in [-0.2, 0) is 4.79 Å². The number of anilines is 2. The van der Waals surface area contributed by atoms with Gasteiger partial charge in [-0.2, -0.15) is 0 Å². The molecule has 0 aliphatic rings. The number of amides is 2. The highest BCUT2D eigenvalue weighted by Gasteiger charge is 2.17. The zero-order valence-electron chi connectivity index (χ0n) is 12.2. The second-order valence-electron chi connectivity index (χ2n) is 4.81. The van der Waals surface area contributed by atoms with Gasteiger partial charge in [0.1, 0.15) is 0 Å². The molecule has 0 aliphatic heterocycles. The van der Waals surface area contributed by atoms with Crippen LogP contribution in [0.1, 0.15) is 23.7 Å². The van der Waals surface area contributed by atoms with Crippen molar-refractivity contribution in [3.63, 3.8) is 0 Å². The summed E-state index contributed by atoms with van der Waals surface area (Å²) in [6, 6.07) is 5.09. The molecule has 0 saturated heterocycles. The molecule has 1 aromatic rings. The Hall–Kier alpha value is -2.24. The molecule has 0 spiro atoms. The van der Waals surface area contributed by atoms with E-state index in [2.05, 4.69) is 0 Å². The number of carbonyl (C=O) groups excluding carboxylic acids is 2. The summed E-state index contributed by atoms with van der Waals surface area (Å²) in [5.74, 6) is -0.595. The van der Waals surface area contributed by atoms with E-state index in [-0.39, 0.29) is 18.0 Å². The maximum Gasteiger partial charge on any atom is 0.250 e. The molecule has 6 nitrogen and oxygen atoms in total. The Kier molecular flexibility index (Phi) is 5.37. The van der Waals surface area contributed by atoms with Crippen molar-refractivity contribution in [2.24, 2.45) is 5.73 Å². The third-order valence-corrected chi connectivity index (χ3v) is 3.01. The highest BCUT2D eigenvalue weighted by molar-refractivity contribution is 6.01. The molecule has 0 atom stereocenters. The van der Waals surface area contributed by atoms with E-state index in [4.69, 9.17) is 11.5 Å². The van der Waals surface area contributed by atoms with Gasteiger partial charge in [0.2, 0.25) is 5.91 Å². The molecular formula is C14H22N4O2. The third kappa shape index (κ3) is 3.63. The fourth-order valence-corrected chi connectivity index (χ4v) is 1.90. The number of hydrogen-bond acceptors (Lipinski definition) is 4. The van der Waals surface area contributed by atoms with E-state index in [0.717, 1.165) is 6.42 Å². The summed E-state index contributed by atoms with van der Waals surface area (Å²) in [5, 5.41) is 0. The van der Waals surface area contributed by atoms with E-state index in [9.17, 15) is 9.59 Å². The van der Waals surface area contributed by atoms with Crippen LogP contribution in [0.2, 0.25) is 0 Å². The van der Waals surface area contributed by atoms with Gasteiger partial charge in [0.15, 0.2) is 0 Å². The first kappa shape index (κ1) is 15.8. The van der Waals surface area contributed by atoms with Crippen molar-refractivity contribution in [1.29, 1.82) is 0 Å². The van der Waals surface area contributed by atoms with E-state index in [1.807, 2.05) is 11.8 Å². The third-order valence-electron chi connectivity index (χ3n) is 3.01. The first-order chi connectivity index (χ1) is 9.38. The summed E-state index contributed by atoms with van der Waals surface area (Å²) in [7, 11) is 3.41. The summed E-state index contributed by atoms with van der Waals surface area (Å²) >= 11 is 0. The normalized spacial score (nSPS) is 10.2. The molecule has 1 aromatic carbocycles. The largest absolute Gasteiger partial charge is 0.396 e. The molecular weight excluding hydrogens is 256 g/mol. The zero-order valence-corrected chi connectivity index (χ0v) is 12.2. The lowest BCUT2D eigenvalue weighted by Crippen LogP contribution is -2.37. The van der Waals surface area contributed by atoms with Gasteiger partial charge < -0.3 is 21.3 Å². The number of para-hydroxylation sites is 1. The minimum absolute atomic E-state index is 0.0256. The summed E-state index contributed by atoms with van der Waals surface area (Å²) in [6.45, 7) is 2.90. The van der Waals surface area contributed by atoms with Crippen LogP contribution in [0.25, 0.3) is 0 Å². The number of likely N-dealkylation sites (N-methyl/N-ethyl adjacent to an activating group) is 1. The molecule has 4 N–H and O–H groups in total. The van der Waals surface area contributed by atoms with Crippen molar-refractivity contribution in [1.82, 2.24) is 4.90 Å². The van der Waals surface area contributed by atoms with Crippen LogP contribution in [0, 0.1) is 0 Å². The maximum absolute atomic E-state index is 11.9. The number of nitrogen functional groups attached to an aromatic ring is 1. The van der Waals surface area contributed by atoms with Gasteiger partial charge in [-0.15, -0.1) is 0 Å². The van der Waals surface area contributed by atoms with E-state index in [1.54, 1.807) is 32.3 Å². The van der Waals surface area contributed by atoms with Crippen LogP contribution in [0.5, 0.6) is 0 Å². The van der Waals surface area contributed by atoms with Gasteiger partial charge in [-0.3, -0.25) is 9.59 Å². The van der Waals surface area contributed by atoms with Crippen molar-refractivity contribution in [3.05, 3.63) is 23.8 Å². The highest BCUT2D eigenvalue weighted by Crippen LogP contribution is 2.26. The van der Waals surface area contributed by atoms with Gasteiger partial charge in [-0.1, -0.05) is 13.0 Å². The standard InChI is InChI=1S/C14H22N4O2/c1-4-8-18(9-12(19)17(2)3)11-7-5-6-10(13(11)15)14(16)20/h5-7H,4,8-9,15H2,1-3H3,(H2,16,20). The Bertz CT molecular complexity index is 500. The van der Waals surface area contributed by atoms with Gasteiger partial charge in [-0.05, 0) is 18.6 Å². The molecule has 2 amide bonds. The number of nitrogens with two attached hydrogens (primary N) is 2. The molecule has 0 aromatic heterocycles. The number of hydrogen-bond donors (Lipinski definition) is 2. The summed E-state index contributed by atoms with van der Waals surface area (Å²) in [5.41, 5.74) is 12.6. The van der Waals surface area contributed by atoms with Gasteiger partial charge in [0, 0.05) is 20.6 Å². The van der Waals surface area contributed by atoms with Gasteiger partial charge >= 0.3 is 0 Å². The second kappa shape index (κ2) is 6.79. The van der Waals surface area contributed by atoms with Crippen molar-refractivity contribution in [2.75, 3.05) is 37.8 Å². The number of benzene rings is 1. The quantitative estimate of drug-likeness (QED) is 0.748. The molecule has 6 heteroatoms. The first-order valence-electron chi connectivity index (χ1n) is 6.51. The minimum atomic E-state index is -0.570. The van der Waals surface area contributed by atoms with Crippen molar-refractivity contribution in [3.8, 4) is 0 Å². The van der Waals surface area contributed by atoms with Crippen molar-refractivity contribution in [2.45, 2.75) is 13.3 Å². The molecule has 0 fully saturated rings. The minimum Gasteiger partial charge on any atom is -0.396 e. The molecule has 1 rings (SSSR count). The van der Waals surface area contributed by atoms with E-state index in [0.29, 0.717) is 17.9 Å². The van der Waals surface area contributed by atoms with Crippen LogP contribution in [0.4, 0.5) is 11.4 Å². The first-order valence-corrected chi connectivity index (χ1v) is 6.51. The van der Waals surface area contributed by atoms with Crippen LogP contribution in [0.3, 0.4) is 0 Å². The smallest absolute Gasteiger partial charge is 0.250 e. The van der Waals surface area contributed by atoms with Gasteiger partial charge in [0.25, 0.3) is 5.91 Å². The molecule has 0 bridgehead atoms. The lowest BCUT2D eigenvalue weighted by atomic mass is 10.1.